The summed E-state index contributed by atoms with van der Waals surface area (Å²) in [6.45, 7) is 0.340. The smallest absolute Gasteiger partial charge is 0.176 e. The second-order valence-corrected chi connectivity index (χ2v) is 6.83. The maximum absolute atomic E-state index is 13.3. The lowest BCUT2D eigenvalue weighted by atomic mass is 10.0. The fourth-order valence-corrected chi connectivity index (χ4v) is 4.01. The predicted molar refractivity (Wildman–Crippen MR) is 98.3 cm³/mol. The molecule has 1 N–H and O–H groups in total. The van der Waals surface area contributed by atoms with Crippen molar-refractivity contribution in [2.24, 2.45) is 4.99 Å². The molecule has 1 atom stereocenters. The number of thioether (sulfide) groups is 1. The van der Waals surface area contributed by atoms with Gasteiger partial charge in [-0.15, -0.1) is 0 Å². The number of amidine groups is 1. The number of hydrogen-bond donors (Lipinski definition) is 1. The summed E-state index contributed by atoms with van der Waals surface area (Å²) in [6, 6.07) is 13.2. The second-order valence-electron chi connectivity index (χ2n) is 5.88. The van der Waals surface area contributed by atoms with Gasteiger partial charge in [0.15, 0.2) is 10.9 Å². The highest BCUT2D eigenvalue weighted by Gasteiger charge is 2.45. The number of pyridine rings is 1. The van der Waals surface area contributed by atoms with Crippen LogP contribution < -0.4 is 0 Å². The van der Waals surface area contributed by atoms with Gasteiger partial charge in [-0.05, 0) is 36.4 Å². The van der Waals surface area contributed by atoms with E-state index in [-0.39, 0.29) is 5.82 Å². The average molecular weight is 369 g/mol. The van der Waals surface area contributed by atoms with Crippen LogP contribution in [0.1, 0.15) is 11.3 Å². The predicted octanol–water partition coefficient (Wildman–Crippen LogP) is 3.90. The van der Waals surface area contributed by atoms with E-state index < -0.39 is 5.72 Å². The van der Waals surface area contributed by atoms with Crippen LogP contribution in [0, 0.1) is 5.82 Å². The highest BCUT2D eigenvalue weighted by Crippen LogP contribution is 2.41. The molecule has 1 fully saturated rings. The van der Waals surface area contributed by atoms with E-state index >= 15 is 0 Å². The number of aliphatic hydroxyl groups is 1. The molecule has 3 heterocycles. The number of nitrogens with zero attached hydrogens (tertiary/aromatic N) is 3. The van der Waals surface area contributed by atoms with Gasteiger partial charge in [-0.2, -0.15) is 0 Å². The summed E-state index contributed by atoms with van der Waals surface area (Å²) in [5, 5.41) is 12.1. The first-order valence-corrected chi connectivity index (χ1v) is 9.04. The van der Waals surface area contributed by atoms with Crippen LogP contribution in [0.4, 0.5) is 10.1 Å². The molecule has 4 rings (SSSR count). The molecule has 0 aliphatic carbocycles. The van der Waals surface area contributed by atoms with Crippen molar-refractivity contribution in [2.75, 3.05) is 5.75 Å². The van der Waals surface area contributed by atoms with Gasteiger partial charge in [-0.3, -0.25) is 4.98 Å². The molecule has 2 aromatic heterocycles. The van der Waals surface area contributed by atoms with Gasteiger partial charge < -0.3 is 14.4 Å². The van der Waals surface area contributed by atoms with Gasteiger partial charge in [0, 0.05) is 11.8 Å². The van der Waals surface area contributed by atoms with Gasteiger partial charge in [0.05, 0.1) is 30.4 Å². The van der Waals surface area contributed by atoms with Gasteiger partial charge in [0.2, 0.25) is 0 Å². The topological polar surface area (TPSA) is 61.9 Å². The number of benzene rings is 1. The fraction of sp³-hybridized carbons (Fsp3) is 0.158. The average Bonchev–Trinajstić information content (AvgIpc) is 3.28. The quantitative estimate of drug-likeness (QED) is 0.756. The minimum Gasteiger partial charge on any atom is -0.467 e. The lowest BCUT2D eigenvalue weighted by molar-refractivity contribution is -0.0544. The largest absolute Gasteiger partial charge is 0.467 e. The Morgan fingerprint density at radius 2 is 2.08 bits per heavy atom. The van der Waals surface area contributed by atoms with Gasteiger partial charge in [0.1, 0.15) is 11.6 Å². The number of halogens is 1. The van der Waals surface area contributed by atoms with Crippen molar-refractivity contribution < 1.29 is 13.9 Å². The number of aromatic nitrogens is 1. The van der Waals surface area contributed by atoms with Crippen molar-refractivity contribution in [3.63, 3.8) is 0 Å². The van der Waals surface area contributed by atoms with Gasteiger partial charge in [0.25, 0.3) is 0 Å². The first-order valence-electron chi connectivity index (χ1n) is 8.05. The Kier molecular flexibility index (Phi) is 4.48. The third-order valence-electron chi connectivity index (χ3n) is 4.15. The van der Waals surface area contributed by atoms with Crippen molar-refractivity contribution in [3.8, 4) is 0 Å². The van der Waals surface area contributed by atoms with Gasteiger partial charge >= 0.3 is 0 Å². The van der Waals surface area contributed by atoms with Crippen LogP contribution in [0.5, 0.6) is 0 Å². The minimum absolute atomic E-state index is 0.340. The summed E-state index contributed by atoms with van der Waals surface area (Å²) in [4.78, 5) is 10.5. The summed E-state index contributed by atoms with van der Waals surface area (Å²) < 4.78 is 18.8. The van der Waals surface area contributed by atoms with Crippen LogP contribution in [0.2, 0.25) is 0 Å². The minimum atomic E-state index is -1.31. The van der Waals surface area contributed by atoms with Crippen molar-refractivity contribution in [1.82, 2.24) is 9.88 Å². The molecule has 1 saturated heterocycles. The summed E-state index contributed by atoms with van der Waals surface area (Å²) in [5.74, 6) is 0.732. The highest BCUT2D eigenvalue weighted by atomic mass is 32.2. The van der Waals surface area contributed by atoms with Crippen molar-refractivity contribution >= 4 is 22.6 Å². The van der Waals surface area contributed by atoms with Crippen LogP contribution >= 0.6 is 11.8 Å². The molecule has 26 heavy (non-hydrogen) atoms. The fourth-order valence-electron chi connectivity index (χ4n) is 2.81. The lowest BCUT2D eigenvalue weighted by Gasteiger charge is -2.34. The zero-order chi connectivity index (χ0) is 18.0. The Morgan fingerprint density at radius 3 is 2.77 bits per heavy atom. The maximum Gasteiger partial charge on any atom is 0.176 e. The summed E-state index contributed by atoms with van der Waals surface area (Å²) in [7, 11) is 0. The first kappa shape index (κ1) is 16.8. The van der Waals surface area contributed by atoms with Crippen LogP contribution in [-0.4, -0.2) is 25.9 Å². The number of rotatable bonds is 4. The molecule has 1 aromatic carbocycles. The molecule has 3 aromatic rings. The van der Waals surface area contributed by atoms with E-state index in [4.69, 9.17) is 4.42 Å². The van der Waals surface area contributed by atoms with Crippen LogP contribution in [-0.2, 0) is 12.3 Å². The SMILES string of the molecule is OC1(c2ccc(F)cc2)CSC(=Nc2cccnc2)N1Cc1ccco1. The molecular formula is C19H16FN3O2S. The molecule has 5 nitrogen and oxygen atoms in total. The molecule has 1 aliphatic rings. The molecule has 132 valence electrons. The van der Waals surface area contributed by atoms with E-state index in [9.17, 15) is 9.50 Å². The van der Waals surface area contributed by atoms with E-state index in [1.165, 1.54) is 23.9 Å². The highest BCUT2D eigenvalue weighted by molar-refractivity contribution is 8.14. The van der Waals surface area contributed by atoms with Crippen molar-refractivity contribution in [2.45, 2.75) is 12.3 Å². The van der Waals surface area contributed by atoms with E-state index in [0.29, 0.717) is 34.5 Å². The van der Waals surface area contributed by atoms with Crippen LogP contribution in [0.3, 0.4) is 0 Å². The van der Waals surface area contributed by atoms with Gasteiger partial charge in [-0.1, -0.05) is 23.9 Å². The molecule has 0 saturated carbocycles. The third kappa shape index (κ3) is 3.23. The van der Waals surface area contributed by atoms with Crippen LogP contribution in [0.25, 0.3) is 0 Å². The standard InChI is InChI=1S/C19H16FN3O2S/c20-15-7-5-14(6-8-15)19(24)13-26-18(22-16-3-1-9-21-11-16)23(19)12-17-4-2-10-25-17/h1-11,24H,12-13H2. The Morgan fingerprint density at radius 1 is 1.23 bits per heavy atom. The van der Waals surface area contributed by atoms with E-state index in [2.05, 4.69) is 9.98 Å². The van der Waals surface area contributed by atoms with E-state index in [1.54, 1.807) is 41.8 Å². The first-order chi connectivity index (χ1) is 12.6. The van der Waals surface area contributed by atoms with E-state index in [1.807, 2.05) is 18.2 Å². The molecule has 0 spiro atoms. The summed E-state index contributed by atoms with van der Waals surface area (Å²) >= 11 is 1.44. The Balaban J connectivity index is 1.74. The Bertz CT molecular complexity index is 900. The third-order valence-corrected chi connectivity index (χ3v) is 5.27. The van der Waals surface area contributed by atoms with E-state index in [0.717, 1.165) is 0 Å². The molecule has 7 heteroatoms. The molecule has 0 bridgehead atoms. The molecule has 1 unspecified atom stereocenters. The Hall–Kier alpha value is -2.64. The summed E-state index contributed by atoms with van der Waals surface area (Å²) in [5.41, 5.74) is -0.0104. The number of hydrogen-bond acceptors (Lipinski definition) is 5. The molecule has 0 radical (unpaired) electrons. The maximum atomic E-state index is 13.3. The number of aliphatic imine (C=N–C) groups is 1. The zero-order valence-electron chi connectivity index (χ0n) is 13.7. The molecular weight excluding hydrogens is 353 g/mol. The van der Waals surface area contributed by atoms with Crippen LogP contribution in [0.15, 0.2) is 76.6 Å². The summed E-state index contributed by atoms with van der Waals surface area (Å²) in [6.07, 6.45) is 4.93. The zero-order valence-corrected chi connectivity index (χ0v) is 14.6. The lowest BCUT2D eigenvalue weighted by Crippen LogP contribution is -2.44. The van der Waals surface area contributed by atoms with Gasteiger partial charge in [-0.25, -0.2) is 9.38 Å². The number of furan rings is 1. The normalized spacial score (nSPS) is 21.5. The monoisotopic (exact) mass is 369 g/mol. The Labute approximate surface area is 154 Å². The molecule has 1 aliphatic heterocycles. The van der Waals surface area contributed by atoms with Crippen molar-refractivity contribution in [1.29, 1.82) is 0 Å². The van der Waals surface area contributed by atoms with Crippen molar-refractivity contribution in [3.05, 3.63) is 84.3 Å². The molecule has 0 amide bonds. The second kappa shape index (κ2) is 6.93.